The molecule has 1 N–H and O–H groups in total. The Bertz CT molecular complexity index is 1250. The van der Waals surface area contributed by atoms with Crippen LogP contribution >= 0.6 is 0 Å². The maximum absolute atomic E-state index is 12.5. The van der Waals surface area contributed by atoms with Crippen LogP contribution in [0.1, 0.15) is 16.7 Å². The number of ether oxygens (including phenoxy) is 1. The second kappa shape index (κ2) is 9.31. The molecule has 0 aromatic heterocycles. The highest BCUT2D eigenvalue weighted by molar-refractivity contribution is 5.88. The van der Waals surface area contributed by atoms with Crippen LogP contribution in [0.5, 0.6) is 0 Å². The third-order valence-corrected chi connectivity index (χ3v) is 6.10. The Labute approximate surface area is 193 Å². The minimum absolute atomic E-state index is 0.0652. The van der Waals surface area contributed by atoms with Crippen LogP contribution in [0.15, 0.2) is 103 Å². The largest absolute Gasteiger partial charge is 0.480 e. The van der Waals surface area contributed by atoms with E-state index in [1.807, 2.05) is 83.8 Å². The topological polar surface area (TPSA) is 49.8 Å². The molecular weight excluding hydrogens is 410 g/mol. The summed E-state index contributed by atoms with van der Waals surface area (Å²) in [6.45, 7) is 0.432. The summed E-state index contributed by atoms with van der Waals surface area (Å²) in [5.41, 5.74) is 7.55. The quantitative estimate of drug-likeness (QED) is 0.322. The van der Waals surface area contributed by atoms with E-state index in [9.17, 15) is 9.90 Å². The number of carboxylic acid groups (broad SMARTS) is 1. The van der Waals surface area contributed by atoms with Gasteiger partial charge in [0, 0.05) is 17.8 Å². The van der Waals surface area contributed by atoms with E-state index in [-0.39, 0.29) is 6.61 Å². The van der Waals surface area contributed by atoms with E-state index in [0.717, 1.165) is 28.9 Å². The van der Waals surface area contributed by atoms with Crippen molar-refractivity contribution in [2.24, 2.45) is 0 Å². The van der Waals surface area contributed by atoms with Gasteiger partial charge in [0.05, 0.1) is 13.2 Å². The van der Waals surface area contributed by atoms with Gasteiger partial charge in [-0.3, -0.25) is 0 Å². The number of hydrogen-bond donors (Lipinski definition) is 1. The molecule has 0 heterocycles. The number of aliphatic carboxylic acids is 1. The molecule has 4 heteroatoms. The van der Waals surface area contributed by atoms with Crippen LogP contribution in [0, 0.1) is 0 Å². The molecule has 164 valence electrons. The second-order valence-electron chi connectivity index (χ2n) is 8.20. The first kappa shape index (κ1) is 21.0. The zero-order valence-electron chi connectivity index (χ0n) is 18.2. The van der Waals surface area contributed by atoms with Crippen molar-refractivity contribution in [1.29, 1.82) is 0 Å². The van der Waals surface area contributed by atoms with Crippen LogP contribution in [-0.4, -0.2) is 23.7 Å². The molecule has 0 radical (unpaired) electrons. The van der Waals surface area contributed by atoms with Crippen molar-refractivity contribution < 1.29 is 14.6 Å². The van der Waals surface area contributed by atoms with Crippen molar-refractivity contribution in [2.45, 2.75) is 19.1 Å². The lowest BCUT2D eigenvalue weighted by Gasteiger charge is -2.32. The Morgan fingerprint density at radius 2 is 1.48 bits per heavy atom. The smallest absolute Gasteiger partial charge is 0.329 e. The number of anilines is 2. The third-order valence-electron chi connectivity index (χ3n) is 6.10. The molecule has 33 heavy (non-hydrogen) atoms. The van der Waals surface area contributed by atoms with Crippen molar-refractivity contribution in [1.82, 2.24) is 0 Å². The van der Waals surface area contributed by atoms with Crippen molar-refractivity contribution in [3.05, 3.63) is 120 Å². The van der Waals surface area contributed by atoms with Gasteiger partial charge in [-0.1, -0.05) is 84.9 Å². The summed E-state index contributed by atoms with van der Waals surface area (Å²) in [6, 6.07) is 33.2. The average molecular weight is 436 g/mol. The number of carbonyl (C=O) groups is 1. The van der Waals surface area contributed by atoms with Crippen LogP contribution in [0.3, 0.4) is 0 Å². The number of hydrogen-bond acceptors (Lipinski definition) is 3. The summed E-state index contributed by atoms with van der Waals surface area (Å²) in [5.74, 6) is -0.917. The highest BCUT2D eigenvalue weighted by Gasteiger charge is 2.31. The maximum Gasteiger partial charge on any atom is 0.329 e. The van der Waals surface area contributed by atoms with Gasteiger partial charge in [0.2, 0.25) is 0 Å². The minimum Gasteiger partial charge on any atom is -0.480 e. The van der Waals surface area contributed by atoms with Crippen LogP contribution in [0.4, 0.5) is 11.4 Å². The Balaban J connectivity index is 1.52. The van der Waals surface area contributed by atoms with E-state index >= 15 is 0 Å². The monoisotopic (exact) mass is 435 g/mol. The number of carboxylic acids is 1. The van der Waals surface area contributed by atoms with Gasteiger partial charge >= 0.3 is 5.97 Å². The van der Waals surface area contributed by atoms with E-state index in [4.69, 9.17) is 4.74 Å². The molecule has 0 spiro atoms. The molecule has 0 aliphatic heterocycles. The van der Waals surface area contributed by atoms with Crippen LogP contribution in [0.25, 0.3) is 11.1 Å². The predicted molar refractivity (Wildman–Crippen MR) is 131 cm³/mol. The molecule has 4 aromatic carbocycles. The molecule has 0 unspecified atom stereocenters. The van der Waals surface area contributed by atoms with E-state index in [1.54, 1.807) is 0 Å². The average Bonchev–Trinajstić information content (AvgIpc) is 3.24. The van der Waals surface area contributed by atoms with Gasteiger partial charge in [-0.15, -0.1) is 0 Å². The Morgan fingerprint density at radius 1 is 0.818 bits per heavy atom. The number of benzene rings is 4. The second-order valence-corrected chi connectivity index (χ2v) is 8.20. The summed E-state index contributed by atoms with van der Waals surface area (Å²) in [7, 11) is 0. The first-order valence-electron chi connectivity index (χ1n) is 11.1. The number of fused-ring (bicyclic) bond motifs is 3. The SMILES string of the molecule is O=C(O)[C@H](COCc1ccccc1)N(c1ccccc1)c1cccc2c1Cc1ccccc1-2. The summed E-state index contributed by atoms with van der Waals surface area (Å²) in [4.78, 5) is 14.4. The fourth-order valence-corrected chi connectivity index (χ4v) is 4.56. The lowest BCUT2D eigenvalue weighted by atomic mass is 10.0. The standard InChI is InChI=1S/C29H25NO3/c31-29(32)28(20-33-19-21-10-3-1-4-11-21)30(23-13-5-2-6-14-23)27-17-9-16-25-24-15-8-7-12-22(24)18-26(25)27/h1-17,28H,18-20H2,(H,31,32)/t28-/m0/s1. The van der Waals surface area contributed by atoms with E-state index in [2.05, 4.69) is 24.3 Å². The highest BCUT2D eigenvalue weighted by Crippen LogP contribution is 2.43. The first-order chi connectivity index (χ1) is 16.2. The fraction of sp³-hybridized carbons (Fsp3) is 0.138. The van der Waals surface area contributed by atoms with E-state index < -0.39 is 12.0 Å². The van der Waals surface area contributed by atoms with Gasteiger partial charge in [-0.05, 0) is 46.0 Å². The summed E-state index contributed by atoms with van der Waals surface area (Å²) in [5, 5.41) is 10.3. The molecule has 0 bridgehead atoms. The van der Waals surface area contributed by atoms with Gasteiger partial charge in [0.25, 0.3) is 0 Å². The Morgan fingerprint density at radius 3 is 2.24 bits per heavy atom. The summed E-state index contributed by atoms with van der Waals surface area (Å²) >= 11 is 0. The van der Waals surface area contributed by atoms with Crippen LogP contribution < -0.4 is 4.90 Å². The van der Waals surface area contributed by atoms with Gasteiger partial charge in [0.1, 0.15) is 0 Å². The van der Waals surface area contributed by atoms with Gasteiger partial charge < -0.3 is 14.7 Å². The normalized spacial score (nSPS) is 12.6. The summed E-state index contributed by atoms with van der Waals surface area (Å²) in [6.07, 6.45) is 0.780. The molecule has 0 saturated heterocycles. The van der Waals surface area contributed by atoms with Crippen LogP contribution in [-0.2, 0) is 22.6 Å². The molecule has 0 saturated carbocycles. The van der Waals surface area contributed by atoms with Crippen molar-refractivity contribution >= 4 is 17.3 Å². The maximum atomic E-state index is 12.5. The molecule has 0 amide bonds. The molecule has 1 aliphatic carbocycles. The molecule has 0 fully saturated rings. The number of nitrogens with zero attached hydrogens (tertiary/aromatic N) is 1. The van der Waals surface area contributed by atoms with Gasteiger partial charge in [-0.25, -0.2) is 4.79 Å². The zero-order chi connectivity index (χ0) is 22.6. The predicted octanol–water partition coefficient (Wildman–Crippen LogP) is 6.07. The molecule has 1 aliphatic rings. The van der Waals surface area contributed by atoms with E-state index in [1.165, 1.54) is 16.7 Å². The van der Waals surface area contributed by atoms with Crippen LogP contribution in [0.2, 0.25) is 0 Å². The van der Waals surface area contributed by atoms with Crippen molar-refractivity contribution in [2.75, 3.05) is 11.5 Å². The van der Waals surface area contributed by atoms with Gasteiger partial charge in [0.15, 0.2) is 6.04 Å². The third kappa shape index (κ3) is 4.26. The fourth-order valence-electron chi connectivity index (χ4n) is 4.56. The molecule has 1 atom stereocenters. The molecule has 4 nitrogen and oxygen atoms in total. The lowest BCUT2D eigenvalue weighted by Crippen LogP contribution is -2.42. The van der Waals surface area contributed by atoms with Gasteiger partial charge in [-0.2, -0.15) is 0 Å². The zero-order valence-corrected chi connectivity index (χ0v) is 18.2. The Hall–Kier alpha value is -3.89. The Kier molecular flexibility index (Phi) is 5.92. The summed E-state index contributed by atoms with van der Waals surface area (Å²) < 4.78 is 5.93. The number of rotatable bonds is 8. The van der Waals surface area contributed by atoms with E-state index in [0.29, 0.717) is 6.61 Å². The molecule has 5 rings (SSSR count). The molecule has 4 aromatic rings. The molecular formula is C29H25NO3. The highest BCUT2D eigenvalue weighted by atomic mass is 16.5. The van der Waals surface area contributed by atoms with Crippen molar-refractivity contribution in [3.63, 3.8) is 0 Å². The van der Waals surface area contributed by atoms with Crippen molar-refractivity contribution in [3.8, 4) is 11.1 Å². The minimum atomic E-state index is -0.917. The lowest BCUT2D eigenvalue weighted by molar-refractivity contribution is -0.140. The number of para-hydroxylation sites is 1. The first-order valence-corrected chi connectivity index (χ1v) is 11.1.